The molecule has 43 heavy (non-hydrogen) atoms. The number of benzene rings is 4. The fourth-order valence-electron chi connectivity index (χ4n) is 5.67. The number of para-hydroxylation sites is 1. The van der Waals surface area contributed by atoms with E-state index in [4.69, 9.17) is 4.74 Å². The quantitative estimate of drug-likeness (QED) is 0.209. The van der Waals surface area contributed by atoms with E-state index < -0.39 is 17.1 Å². The Bertz CT molecular complexity index is 1970. The number of aromatic amines is 1. The van der Waals surface area contributed by atoms with Crippen molar-refractivity contribution in [2.75, 3.05) is 16.8 Å². The van der Waals surface area contributed by atoms with Crippen LogP contribution in [0, 0.1) is 5.92 Å². The van der Waals surface area contributed by atoms with Crippen molar-refractivity contribution in [2.45, 2.75) is 16.2 Å². The number of carbonyl (C=O) groups excluding carboxylic acids is 3. The minimum Gasteiger partial charge on any atom is -0.483 e. The number of carbonyl (C=O) groups is 3. The van der Waals surface area contributed by atoms with Crippen LogP contribution in [0.4, 0.5) is 11.4 Å². The van der Waals surface area contributed by atoms with Gasteiger partial charge in [0.25, 0.3) is 5.91 Å². The van der Waals surface area contributed by atoms with Crippen LogP contribution in [0.25, 0.3) is 10.8 Å². The highest BCUT2D eigenvalue weighted by atomic mass is 79.9. The summed E-state index contributed by atoms with van der Waals surface area (Å²) >= 11 is 5.64. The number of amides is 3. The van der Waals surface area contributed by atoms with Crippen molar-refractivity contribution in [1.29, 1.82) is 0 Å². The number of fused-ring (bicyclic) bond motifs is 3. The highest BCUT2D eigenvalue weighted by Gasteiger charge is 2.56. The average Bonchev–Trinajstić information content (AvgIpc) is 3.50. The number of hydrogen-bond donors (Lipinski definition) is 2. The molecule has 0 unspecified atom stereocenters. The Hall–Kier alpha value is -4.19. The van der Waals surface area contributed by atoms with Gasteiger partial charge in [-0.15, -0.1) is 0 Å². The molecule has 2 aliphatic rings. The van der Waals surface area contributed by atoms with Gasteiger partial charge in [0, 0.05) is 26.5 Å². The molecular weight excluding hydrogens is 650 g/mol. The third kappa shape index (κ3) is 5.07. The number of nitrogens with zero attached hydrogens (tertiary/aromatic N) is 1. The summed E-state index contributed by atoms with van der Waals surface area (Å²) in [4.78, 5) is 57.6. The summed E-state index contributed by atoms with van der Waals surface area (Å²) in [5.41, 5.74) is 1.77. The zero-order valence-corrected chi connectivity index (χ0v) is 25.5. The molecule has 11 heteroatoms. The van der Waals surface area contributed by atoms with Gasteiger partial charge in [-0.3, -0.25) is 19.2 Å². The first-order valence-corrected chi connectivity index (χ1v) is 15.9. The normalized spacial score (nSPS) is 19.3. The van der Waals surface area contributed by atoms with Gasteiger partial charge >= 0.3 is 4.87 Å². The highest BCUT2D eigenvalue weighted by molar-refractivity contribution is 9.10. The van der Waals surface area contributed by atoms with Crippen LogP contribution in [-0.4, -0.2) is 34.6 Å². The summed E-state index contributed by atoms with van der Waals surface area (Å²) in [6, 6.07) is 27.7. The first kappa shape index (κ1) is 27.6. The largest absolute Gasteiger partial charge is 0.483 e. The van der Waals surface area contributed by atoms with E-state index in [0.717, 1.165) is 26.6 Å². The summed E-state index contributed by atoms with van der Waals surface area (Å²) in [5, 5.41) is 4.79. The van der Waals surface area contributed by atoms with Crippen molar-refractivity contribution in [3.63, 3.8) is 0 Å². The van der Waals surface area contributed by atoms with Crippen molar-refractivity contribution in [3.05, 3.63) is 116 Å². The second kappa shape index (κ2) is 11.1. The van der Waals surface area contributed by atoms with E-state index in [1.165, 1.54) is 16.7 Å². The van der Waals surface area contributed by atoms with Crippen LogP contribution in [-0.2, 0) is 14.4 Å². The van der Waals surface area contributed by atoms with Crippen molar-refractivity contribution < 1.29 is 19.1 Å². The van der Waals surface area contributed by atoms with E-state index in [2.05, 4.69) is 26.2 Å². The fraction of sp³-hybridized carbons (Fsp3) is 0.125. The van der Waals surface area contributed by atoms with Crippen LogP contribution < -0.4 is 19.8 Å². The molecule has 7 rings (SSSR count). The first-order chi connectivity index (χ1) is 20.9. The SMILES string of the molecule is O=C(COc1ccccc1[C@@H]1c2sc(=O)[nH]c2S[C@H]2C(=O)N(c3ccc(Br)cc3)C(=O)[C@@H]12)Nc1ccc2ccccc2c1. The van der Waals surface area contributed by atoms with E-state index in [1.54, 1.807) is 36.4 Å². The predicted octanol–water partition coefficient (Wildman–Crippen LogP) is 6.17. The van der Waals surface area contributed by atoms with Crippen LogP contribution in [0.5, 0.6) is 5.75 Å². The molecule has 1 aromatic heterocycles. The number of H-pyrrole nitrogens is 1. The second-order valence-electron chi connectivity index (χ2n) is 10.2. The van der Waals surface area contributed by atoms with Gasteiger partial charge in [0.15, 0.2) is 6.61 Å². The van der Waals surface area contributed by atoms with E-state index in [-0.39, 0.29) is 29.2 Å². The van der Waals surface area contributed by atoms with Gasteiger partial charge < -0.3 is 15.0 Å². The molecule has 0 saturated carbocycles. The Balaban J connectivity index is 1.19. The molecule has 1 saturated heterocycles. The molecule has 0 aliphatic carbocycles. The first-order valence-electron chi connectivity index (χ1n) is 13.4. The van der Waals surface area contributed by atoms with Gasteiger partial charge in [0.05, 0.1) is 16.6 Å². The van der Waals surface area contributed by atoms with Crippen LogP contribution >= 0.6 is 39.0 Å². The van der Waals surface area contributed by atoms with Crippen LogP contribution in [0.1, 0.15) is 16.4 Å². The molecule has 5 aromatic rings. The lowest BCUT2D eigenvalue weighted by Crippen LogP contribution is -2.32. The van der Waals surface area contributed by atoms with Gasteiger partial charge in [-0.2, -0.15) is 0 Å². The number of thioether (sulfide) groups is 1. The maximum Gasteiger partial charge on any atom is 0.305 e. The number of imide groups is 1. The smallest absolute Gasteiger partial charge is 0.305 e. The lowest BCUT2D eigenvalue weighted by atomic mass is 9.82. The summed E-state index contributed by atoms with van der Waals surface area (Å²) in [6.07, 6.45) is 0. The van der Waals surface area contributed by atoms with Crippen LogP contribution in [0.3, 0.4) is 0 Å². The molecule has 3 heterocycles. The zero-order chi connectivity index (χ0) is 29.7. The van der Waals surface area contributed by atoms with Crippen molar-refractivity contribution in [2.24, 2.45) is 5.92 Å². The number of ether oxygens (including phenoxy) is 1. The zero-order valence-electron chi connectivity index (χ0n) is 22.3. The number of hydrogen-bond acceptors (Lipinski definition) is 7. The van der Waals surface area contributed by atoms with Gasteiger partial charge in [-0.05, 0) is 53.2 Å². The molecule has 0 radical (unpaired) electrons. The maximum atomic E-state index is 14.0. The Morgan fingerprint density at radius 3 is 2.47 bits per heavy atom. The number of nitrogens with one attached hydrogen (secondary N) is 2. The van der Waals surface area contributed by atoms with Gasteiger partial charge in [0.1, 0.15) is 11.0 Å². The lowest BCUT2D eigenvalue weighted by molar-refractivity contribution is -0.122. The molecule has 0 bridgehead atoms. The average molecular weight is 673 g/mol. The Kier molecular flexibility index (Phi) is 7.16. The monoisotopic (exact) mass is 671 g/mol. The van der Waals surface area contributed by atoms with Gasteiger partial charge in [0.2, 0.25) is 11.8 Å². The summed E-state index contributed by atoms with van der Waals surface area (Å²) in [7, 11) is 0. The Morgan fingerprint density at radius 2 is 1.65 bits per heavy atom. The molecule has 1 fully saturated rings. The lowest BCUT2D eigenvalue weighted by Gasteiger charge is -2.30. The molecule has 4 aromatic carbocycles. The molecule has 0 spiro atoms. The molecule has 3 amide bonds. The second-order valence-corrected chi connectivity index (χ2v) is 13.3. The van der Waals surface area contributed by atoms with Crippen molar-refractivity contribution in [1.82, 2.24) is 4.98 Å². The number of anilines is 2. The molecule has 8 nitrogen and oxygen atoms in total. The molecule has 2 N–H and O–H groups in total. The van der Waals surface area contributed by atoms with E-state index in [9.17, 15) is 19.2 Å². The van der Waals surface area contributed by atoms with Crippen LogP contribution in [0.15, 0.2) is 105 Å². The maximum absolute atomic E-state index is 14.0. The summed E-state index contributed by atoms with van der Waals surface area (Å²) in [5.74, 6) is -2.01. The number of aromatic nitrogens is 1. The van der Waals surface area contributed by atoms with Crippen LogP contribution in [0.2, 0.25) is 0 Å². The number of thiazole rings is 1. The fourth-order valence-corrected chi connectivity index (χ4v) is 8.44. The topological polar surface area (TPSA) is 109 Å². The highest BCUT2D eigenvalue weighted by Crippen LogP contribution is 2.54. The minimum atomic E-state index is -0.767. The van der Waals surface area contributed by atoms with E-state index in [1.807, 2.05) is 54.6 Å². The summed E-state index contributed by atoms with van der Waals surface area (Å²) in [6.45, 7) is -0.270. The van der Waals surface area contributed by atoms with E-state index >= 15 is 0 Å². The predicted molar refractivity (Wildman–Crippen MR) is 171 cm³/mol. The Morgan fingerprint density at radius 1 is 0.907 bits per heavy atom. The third-order valence-corrected chi connectivity index (χ3v) is 10.5. The van der Waals surface area contributed by atoms with Gasteiger partial charge in [-0.1, -0.05) is 87.6 Å². The van der Waals surface area contributed by atoms with Crippen molar-refractivity contribution in [3.8, 4) is 5.75 Å². The molecule has 214 valence electrons. The summed E-state index contributed by atoms with van der Waals surface area (Å²) < 4.78 is 6.88. The Labute approximate surface area is 262 Å². The molecule has 2 aliphatic heterocycles. The number of rotatable bonds is 6. The number of halogens is 1. The third-order valence-electron chi connectivity index (χ3n) is 7.55. The van der Waals surface area contributed by atoms with Gasteiger partial charge in [-0.25, -0.2) is 4.90 Å². The molecular formula is C32H22BrN3O5S2. The van der Waals surface area contributed by atoms with Crippen molar-refractivity contribution >= 4 is 78.9 Å². The van der Waals surface area contributed by atoms with E-state index in [0.29, 0.717) is 32.6 Å². The standard InChI is InChI=1S/C32H22BrN3O5S2/c33-19-10-13-21(14-11-19)36-30(38)26-25(27-29(35-32(40)43-27)42-28(26)31(36)39)22-7-3-4-8-23(22)41-16-24(37)34-20-12-9-17-5-1-2-6-18(17)15-20/h1-15,25-26,28H,16H2,(H,34,37)(H,35,40)/t25-,26-,28+/m0/s1. The molecule has 3 atom stereocenters. The minimum absolute atomic E-state index is 0.264.